The Hall–Kier alpha value is -1.86. The normalized spacial score (nSPS) is 11.2. The summed E-state index contributed by atoms with van der Waals surface area (Å²) in [7, 11) is 1.56. The Balaban J connectivity index is 1.98. The molecule has 0 spiro atoms. The van der Waals surface area contributed by atoms with Crippen molar-refractivity contribution in [3.05, 3.63) is 56.9 Å². The van der Waals surface area contributed by atoms with Crippen LogP contribution in [0.1, 0.15) is 16.1 Å². The van der Waals surface area contributed by atoms with Gasteiger partial charge in [0.05, 0.1) is 22.3 Å². The summed E-state index contributed by atoms with van der Waals surface area (Å²) in [5.41, 5.74) is 2.89. The van der Waals surface area contributed by atoms with Crippen LogP contribution < -0.4 is 10.2 Å². The Morgan fingerprint density at radius 2 is 2.09 bits per heavy atom. The minimum Gasteiger partial charge on any atom is -0.494 e. The number of carbonyl (C=O) groups excluding carboxylic acids is 1. The van der Waals surface area contributed by atoms with Gasteiger partial charge in [0.15, 0.2) is 0 Å². The first-order valence-corrected chi connectivity index (χ1v) is 7.77. The van der Waals surface area contributed by atoms with Crippen molar-refractivity contribution in [3.8, 4) is 5.75 Å². The van der Waals surface area contributed by atoms with E-state index >= 15 is 0 Å². The summed E-state index contributed by atoms with van der Waals surface area (Å²) < 4.78 is 11.7. The number of carbonyl (C=O) groups is 1. The zero-order chi connectivity index (χ0) is 15.9. The number of hydrogen-bond acceptors (Lipinski definition) is 4. The highest BCUT2D eigenvalue weighted by atomic mass is 79.9. The molecule has 0 saturated heterocycles. The number of allylic oxidation sites excluding steroid dienone is 1. The second kappa shape index (κ2) is 7.95. The van der Waals surface area contributed by atoms with Crippen LogP contribution in [0.15, 0.2) is 55.1 Å². The lowest BCUT2D eigenvalue weighted by molar-refractivity contribution is 0.0955. The summed E-state index contributed by atoms with van der Waals surface area (Å²) >= 11 is 6.69. The van der Waals surface area contributed by atoms with Gasteiger partial charge in [0.25, 0.3) is 5.91 Å². The van der Waals surface area contributed by atoms with E-state index < -0.39 is 0 Å². The highest BCUT2D eigenvalue weighted by Gasteiger charge is 2.12. The smallest absolute Gasteiger partial charge is 0.271 e. The molecule has 7 heteroatoms. The molecule has 0 unspecified atom stereocenters. The molecule has 0 radical (unpaired) electrons. The van der Waals surface area contributed by atoms with E-state index in [0.29, 0.717) is 26.0 Å². The van der Waals surface area contributed by atoms with E-state index in [9.17, 15) is 4.79 Å². The predicted octanol–water partition coefficient (Wildman–Crippen LogP) is 4.24. The van der Waals surface area contributed by atoms with E-state index in [4.69, 9.17) is 9.15 Å². The van der Waals surface area contributed by atoms with Crippen molar-refractivity contribution in [1.82, 2.24) is 5.43 Å². The summed E-state index contributed by atoms with van der Waals surface area (Å²) in [6, 6.07) is 6.92. The summed E-state index contributed by atoms with van der Waals surface area (Å²) in [5.74, 6) is 1.01. The van der Waals surface area contributed by atoms with Gasteiger partial charge in [-0.25, -0.2) is 5.43 Å². The number of nitrogens with one attached hydrogen (secondary N) is 1. The largest absolute Gasteiger partial charge is 0.494 e. The first kappa shape index (κ1) is 16.5. The van der Waals surface area contributed by atoms with Crippen LogP contribution in [0.5, 0.6) is 5.75 Å². The first-order chi connectivity index (χ1) is 10.6. The fourth-order valence-electron chi connectivity index (χ4n) is 1.61. The quantitative estimate of drug-likeness (QED) is 0.573. The van der Waals surface area contributed by atoms with Gasteiger partial charge in [-0.15, -0.1) is 0 Å². The standard InChI is InChI=1S/C15H12Br2N2O3/c1-21-14-12(16)8-10(9-13(14)17)15(20)19-18-6-2-4-11-5-3-7-22-11/h2-9H,1H3,(H,19,20)/b4-2+,18-6-. The Morgan fingerprint density at radius 3 is 2.68 bits per heavy atom. The number of benzene rings is 1. The number of halogens is 2. The second-order valence-electron chi connectivity index (χ2n) is 4.07. The number of furan rings is 1. The van der Waals surface area contributed by atoms with E-state index in [0.717, 1.165) is 0 Å². The van der Waals surface area contributed by atoms with Crippen molar-refractivity contribution in [2.24, 2.45) is 5.10 Å². The van der Waals surface area contributed by atoms with Crippen molar-refractivity contribution in [1.29, 1.82) is 0 Å². The third-order valence-corrected chi connectivity index (χ3v) is 3.77. The number of ether oxygens (including phenoxy) is 1. The lowest BCUT2D eigenvalue weighted by Gasteiger charge is -2.08. The van der Waals surface area contributed by atoms with Crippen molar-refractivity contribution < 1.29 is 13.9 Å². The molecule has 0 atom stereocenters. The van der Waals surface area contributed by atoms with E-state index in [1.54, 1.807) is 43.7 Å². The van der Waals surface area contributed by atoms with Gasteiger partial charge in [-0.1, -0.05) is 0 Å². The van der Waals surface area contributed by atoms with Crippen molar-refractivity contribution >= 4 is 50.1 Å². The van der Waals surface area contributed by atoms with Gasteiger partial charge in [-0.3, -0.25) is 4.79 Å². The summed E-state index contributed by atoms with van der Waals surface area (Å²) in [4.78, 5) is 12.0. The molecule has 0 aliphatic heterocycles. The SMILES string of the molecule is COc1c(Br)cc(C(=O)N/N=C\C=C\c2ccco2)cc1Br. The number of nitrogens with zero attached hydrogens (tertiary/aromatic N) is 1. The van der Waals surface area contributed by atoms with Gasteiger partial charge in [-0.05, 0) is 68.3 Å². The molecule has 1 aromatic carbocycles. The highest BCUT2D eigenvalue weighted by molar-refractivity contribution is 9.11. The Kier molecular flexibility index (Phi) is 5.97. The second-order valence-corrected chi connectivity index (χ2v) is 5.78. The van der Waals surface area contributed by atoms with Gasteiger partial charge in [-0.2, -0.15) is 5.10 Å². The molecule has 2 aromatic rings. The molecule has 0 bridgehead atoms. The third kappa shape index (κ3) is 4.32. The van der Waals surface area contributed by atoms with Crippen molar-refractivity contribution in [2.75, 3.05) is 7.11 Å². The third-order valence-electron chi connectivity index (χ3n) is 2.59. The Bertz CT molecular complexity index is 687. The molecule has 0 aliphatic rings. The van der Waals surface area contributed by atoms with Gasteiger partial charge in [0.2, 0.25) is 0 Å². The number of hydrogen-bond donors (Lipinski definition) is 1. The predicted molar refractivity (Wildman–Crippen MR) is 92.1 cm³/mol. The molecule has 22 heavy (non-hydrogen) atoms. The molecule has 1 N–H and O–H groups in total. The molecule has 1 aromatic heterocycles. The van der Waals surface area contributed by atoms with Crippen molar-refractivity contribution in [3.63, 3.8) is 0 Å². The van der Waals surface area contributed by atoms with Gasteiger partial charge < -0.3 is 9.15 Å². The molecule has 0 aliphatic carbocycles. The van der Waals surface area contributed by atoms with Gasteiger partial charge in [0.1, 0.15) is 11.5 Å². The van der Waals surface area contributed by atoms with Crippen LogP contribution in [0.25, 0.3) is 6.08 Å². The van der Waals surface area contributed by atoms with E-state index in [-0.39, 0.29) is 5.91 Å². The molecule has 0 fully saturated rings. The lowest BCUT2D eigenvalue weighted by Crippen LogP contribution is -2.17. The zero-order valence-corrected chi connectivity index (χ0v) is 14.7. The van der Waals surface area contributed by atoms with Crippen LogP contribution in [0.3, 0.4) is 0 Å². The van der Waals surface area contributed by atoms with E-state index in [1.807, 2.05) is 6.07 Å². The van der Waals surface area contributed by atoms with Crippen LogP contribution in [0.4, 0.5) is 0 Å². The van der Waals surface area contributed by atoms with Crippen LogP contribution >= 0.6 is 31.9 Å². The van der Waals surface area contributed by atoms with Crippen molar-refractivity contribution in [2.45, 2.75) is 0 Å². The Morgan fingerprint density at radius 1 is 1.36 bits per heavy atom. The van der Waals surface area contributed by atoms with Gasteiger partial charge >= 0.3 is 0 Å². The lowest BCUT2D eigenvalue weighted by atomic mass is 10.2. The highest BCUT2D eigenvalue weighted by Crippen LogP contribution is 2.34. The van der Waals surface area contributed by atoms with E-state index in [1.165, 1.54) is 6.21 Å². The average molecular weight is 428 g/mol. The maximum Gasteiger partial charge on any atom is 0.271 e. The summed E-state index contributed by atoms with van der Waals surface area (Å²) in [6.07, 6.45) is 6.45. The van der Waals surface area contributed by atoms with E-state index in [2.05, 4.69) is 42.4 Å². The molecule has 1 amide bonds. The minimum atomic E-state index is -0.327. The number of rotatable bonds is 5. The molecular formula is C15H12Br2N2O3. The summed E-state index contributed by atoms with van der Waals surface area (Å²) in [6.45, 7) is 0. The Labute approximate surface area is 144 Å². The number of hydrazone groups is 1. The van der Waals surface area contributed by atoms with Crippen LogP contribution in [-0.2, 0) is 0 Å². The van der Waals surface area contributed by atoms with Crippen LogP contribution in [0.2, 0.25) is 0 Å². The maximum atomic E-state index is 12.0. The van der Waals surface area contributed by atoms with Crippen LogP contribution in [-0.4, -0.2) is 19.2 Å². The molecule has 0 saturated carbocycles. The maximum absolute atomic E-state index is 12.0. The molecule has 114 valence electrons. The first-order valence-electron chi connectivity index (χ1n) is 6.18. The molecule has 1 heterocycles. The molecular weight excluding hydrogens is 416 g/mol. The summed E-state index contributed by atoms with van der Waals surface area (Å²) in [5, 5.41) is 3.83. The molecule has 5 nitrogen and oxygen atoms in total. The number of amides is 1. The average Bonchev–Trinajstić information content (AvgIpc) is 2.99. The molecule has 2 rings (SSSR count). The zero-order valence-electron chi connectivity index (χ0n) is 11.5. The van der Waals surface area contributed by atoms with Crippen LogP contribution in [0, 0.1) is 0 Å². The van der Waals surface area contributed by atoms with Gasteiger partial charge in [0, 0.05) is 11.8 Å². The topological polar surface area (TPSA) is 63.8 Å². The monoisotopic (exact) mass is 426 g/mol. The minimum absolute atomic E-state index is 0.327. The fourth-order valence-corrected chi connectivity index (χ4v) is 3.12. The number of methoxy groups -OCH3 is 1. The fraction of sp³-hybridized carbons (Fsp3) is 0.0667.